The van der Waals surface area contributed by atoms with E-state index >= 15 is 0 Å². The monoisotopic (exact) mass is 384 g/mol. The van der Waals surface area contributed by atoms with E-state index in [1.807, 2.05) is 0 Å². The summed E-state index contributed by atoms with van der Waals surface area (Å²) in [5.74, 6) is -1.35. The van der Waals surface area contributed by atoms with Gasteiger partial charge in [0.1, 0.15) is 5.82 Å². The number of aliphatic hydroxyl groups excluding tert-OH is 2. The predicted octanol–water partition coefficient (Wildman–Crippen LogP) is -3.30. The van der Waals surface area contributed by atoms with Gasteiger partial charge in [0.15, 0.2) is 5.82 Å². The molecule has 0 aliphatic heterocycles. The summed E-state index contributed by atoms with van der Waals surface area (Å²) in [6, 6.07) is 5.78. The average Bonchev–Trinajstić information content (AvgIpc) is 2.98. The van der Waals surface area contributed by atoms with Gasteiger partial charge in [0.05, 0.1) is 12.2 Å². The van der Waals surface area contributed by atoms with Crippen LogP contribution < -0.4 is 34.7 Å². The molecule has 0 aliphatic rings. The standard InChI is InChI=1S/C17H19FN4O4.Na/c1-22-17(19-20-21-22)12(8-11-2-5-13(18)6-3-11)4-7-14(23)9-15(24)10-16(25)26;/h2-8,14-15,23-24H,9-10H2,1H3,(H,25,26);/q;+1/p-1. The third kappa shape index (κ3) is 7.69. The van der Waals surface area contributed by atoms with Crippen molar-refractivity contribution < 1.29 is 54.1 Å². The molecule has 8 nitrogen and oxygen atoms in total. The Hall–Kier alpha value is -1.91. The van der Waals surface area contributed by atoms with Crippen LogP contribution in [0.5, 0.6) is 0 Å². The van der Waals surface area contributed by atoms with Crippen LogP contribution in [0.2, 0.25) is 0 Å². The zero-order chi connectivity index (χ0) is 19.1. The molecule has 2 atom stereocenters. The molecule has 10 heteroatoms. The zero-order valence-corrected chi connectivity index (χ0v) is 17.0. The first-order valence-electron chi connectivity index (χ1n) is 7.79. The minimum absolute atomic E-state index is 0. The Kier molecular flexibility index (Phi) is 9.47. The number of halogens is 1. The summed E-state index contributed by atoms with van der Waals surface area (Å²) in [5, 5.41) is 41.2. The molecule has 2 rings (SSSR count). The van der Waals surface area contributed by atoms with E-state index in [9.17, 15) is 24.5 Å². The maximum Gasteiger partial charge on any atom is 1.00 e. The second-order valence-corrected chi connectivity index (χ2v) is 5.67. The average molecular weight is 384 g/mol. The van der Waals surface area contributed by atoms with Crippen LogP contribution in [0.15, 0.2) is 36.4 Å². The third-order valence-corrected chi connectivity index (χ3v) is 3.48. The Bertz CT molecular complexity index is 808. The van der Waals surface area contributed by atoms with Crippen LogP contribution >= 0.6 is 0 Å². The number of hydrogen-bond donors (Lipinski definition) is 2. The van der Waals surface area contributed by atoms with Crippen LogP contribution in [0.1, 0.15) is 24.2 Å². The number of carboxylic acid groups (broad SMARTS) is 1. The van der Waals surface area contributed by atoms with E-state index < -0.39 is 24.6 Å². The number of carbonyl (C=O) groups excluding carboxylic acids is 1. The topological polar surface area (TPSA) is 124 Å². The summed E-state index contributed by atoms with van der Waals surface area (Å²) in [5.41, 5.74) is 1.23. The van der Waals surface area contributed by atoms with Crippen LogP contribution in [-0.2, 0) is 11.8 Å². The smallest absolute Gasteiger partial charge is 0.550 e. The van der Waals surface area contributed by atoms with E-state index in [-0.39, 0.29) is 41.8 Å². The Morgan fingerprint density at radius 1 is 1.33 bits per heavy atom. The first-order valence-corrected chi connectivity index (χ1v) is 7.79. The second-order valence-electron chi connectivity index (χ2n) is 5.67. The van der Waals surface area contributed by atoms with Gasteiger partial charge in [-0.2, -0.15) is 0 Å². The molecular formula is C17H18FN4NaO4. The maximum atomic E-state index is 13.1. The van der Waals surface area contributed by atoms with E-state index in [0.29, 0.717) is 17.0 Å². The predicted molar refractivity (Wildman–Crippen MR) is 88.5 cm³/mol. The molecular weight excluding hydrogens is 366 g/mol. The van der Waals surface area contributed by atoms with Gasteiger partial charge in [-0.1, -0.05) is 24.3 Å². The molecule has 2 unspecified atom stereocenters. The molecule has 2 aromatic rings. The first-order chi connectivity index (χ1) is 12.3. The molecule has 2 N–H and O–H groups in total. The van der Waals surface area contributed by atoms with Gasteiger partial charge in [-0.15, -0.1) is 5.10 Å². The number of benzene rings is 1. The van der Waals surface area contributed by atoms with Gasteiger partial charge in [-0.3, -0.25) is 0 Å². The Balaban J connectivity index is 0.00000364. The van der Waals surface area contributed by atoms with Gasteiger partial charge < -0.3 is 20.1 Å². The fourth-order valence-corrected chi connectivity index (χ4v) is 2.25. The summed E-state index contributed by atoms with van der Waals surface area (Å²) in [7, 11) is 1.64. The van der Waals surface area contributed by atoms with Crippen LogP contribution in [0, 0.1) is 5.82 Å². The quantitative estimate of drug-likeness (QED) is 0.361. The number of tetrazole rings is 1. The molecule has 0 fully saturated rings. The number of nitrogens with zero attached hydrogens (tertiary/aromatic N) is 4. The van der Waals surface area contributed by atoms with E-state index in [0.717, 1.165) is 0 Å². The largest absolute Gasteiger partial charge is 1.00 e. The first kappa shape index (κ1) is 23.1. The minimum atomic E-state index is -1.39. The molecule has 1 aromatic carbocycles. The van der Waals surface area contributed by atoms with E-state index in [2.05, 4.69) is 15.5 Å². The van der Waals surface area contributed by atoms with Crippen molar-refractivity contribution in [3.63, 3.8) is 0 Å². The molecule has 138 valence electrons. The van der Waals surface area contributed by atoms with Crippen molar-refractivity contribution in [3.8, 4) is 0 Å². The number of rotatable bonds is 8. The molecule has 1 heterocycles. The zero-order valence-electron chi connectivity index (χ0n) is 15.0. The molecule has 0 radical (unpaired) electrons. The van der Waals surface area contributed by atoms with Crippen molar-refractivity contribution in [1.29, 1.82) is 0 Å². The SMILES string of the molecule is Cn1nnnc1C(C=CC(O)CC(O)CC(=O)[O-])=Cc1ccc(F)cc1.[Na+]. The van der Waals surface area contributed by atoms with Gasteiger partial charge >= 0.3 is 29.6 Å². The third-order valence-electron chi connectivity index (χ3n) is 3.48. The van der Waals surface area contributed by atoms with Gasteiger partial charge in [-0.25, -0.2) is 9.07 Å². The summed E-state index contributed by atoms with van der Waals surface area (Å²) >= 11 is 0. The van der Waals surface area contributed by atoms with Gasteiger partial charge in [0, 0.05) is 31.4 Å². The summed E-state index contributed by atoms with van der Waals surface area (Å²) in [6.07, 6.45) is 1.62. The number of carboxylic acids is 1. The van der Waals surface area contributed by atoms with Gasteiger partial charge in [-0.05, 0) is 34.2 Å². The van der Waals surface area contributed by atoms with Crippen molar-refractivity contribution in [2.24, 2.45) is 7.05 Å². The van der Waals surface area contributed by atoms with E-state index in [1.165, 1.54) is 22.9 Å². The maximum absolute atomic E-state index is 13.1. The Morgan fingerprint density at radius 2 is 2.00 bits per heavy atom. The number of aryl methyl sites for hydroxylation is 1. The fraction of sp³-hybridized carbons (Fsp3) is 0.294. The molecule has 27 heavy (non-hydrogen) atoms. The normalized spacial score (nSPS) is 14.0. The molecule has 0 aliphatic carbocycles. The number of aliphatic carboxylic acids is 1. The van der Waals surface area contributed by atoms with Crippen molar-refractivity contribution in [2.75, 3.05) is 0 Å². The van der Waals surface area contributed by atoms with Crippen molar-refractivity contribution in [3.05, 3.63) is 53.6 Å². The molecule has 0 amide bonds. The van der Waals surface area contributed by atoms with Crippen LogP contribution in [0.3, 0.4) is 0 Å². The van der Waals surface area contributed by atoms with Crippen LogP contribution in [-0.4, -0.2) is 48.6 Å². The van der Waals surface area contributed by atoms with Gasteiger partial charge in [0.25, 0.3) is 0 Å². The summed E-state index contributed by atoms with van der Waals surface area (Å²) < 4.78 is 14.5. The van der Waals surface area contributed by atoms with Crippen molar-refractivity contribution in [1.82, 2.24) is 20.2 Å². The second kappa shape index (κ2) is 11.1. The summed E-state index contributed by atoms with van der Waals surface area (Å²) in [4.78, 5) is 10.4. The van der Waals surface area contributed by atoms with Crippen molar-refractivity contribution >= 4 is 17.6 Å². The molecule has 0 spiro atoms. The van der Waals surface area contributed by atoms with E-state index in [1.54, 1.807) is 31.3 Å². The number of aliphatic hydroxyl groups is 2. The number of hydrogen-bond acceptors (Lipinski definition) is 7. The summed E-state index contributed by atoms with van der Waals surface area (Å²) in [6.45, 7) is 0. The van der Waals surface area contributed by atoms with Crippen LogP contribution in [0.25, 0.3) is 11.6 Å². The Morgan fingerprint density at radius 3 is 2.56 bits per heavy atom. The van der Waals surface area contributed by atoms with Crippen molar-refractivity contribution in [2.45, 2.75) is 25.0 Å². The fourth-order valence-electron chi connectivity index (χ4n) is 2.25. The molecule has 1 aromatic heterocycles. The van der Waals surface area contributed by atoms with E-state index in [4.69, 9.17) is 0 Å². The number of carbonyl (C=O) groups is 1. The minimum Gasteiger partial charge on any atom is -0.550 e. The molecule has 0 saturated heterocycles. The Labute approximate surface area is 177 Å². The number of aromatic nitrogens is 4. The van der Waals surface area contributed by atoms with Gasteiger partial charge in [0.2, 0.25) is 0 Å². The molecule has 0 saturated carbocycles. The molecule has 0 bridgehead atoms. The number of allylic oxidation sites excluding steroid dienone is 2. The van der Waals surface area contributed by atoms with Crippen LogP contribution in [0.4, 0.5) is 4.39 Å².